The topological polar surface area (TPSA) is 92.1 Å². The molecule has 2 aromatic rings. The summed E-state index contributed by atoms with van der Waals surface area (Å²) < 4.78 is 1.43. The highest BCUT2D eigenvalue weighted by Gasteiger charge is 2.43. The fourth-order valence-corrected chi connectivity index (χ4v) is 2.58. The first-order chi connectivity index (χ1) is 10.9. The predicted molar refractivity (Wildman–Crippen MR) is 79.5 cm³/mol. The molecule has 0 saturated carbocycles. The summed E-state index contributed by atoms with van der Waals surface area (Å²) in [5.41, 5.74) is 1.10. The van der Waals surface area contributed by atoms with Gasteiger partial charge in [-0.05, 0) is 26.0 Å². The number of aryl methyl sites for hydroxylation is 1. The summed E-state index contributed by atoms with van der Waals surface area (Å²) in [6.07, 6.45) is 0. The van der Waals surface area contributed by atoms with E-state index in [0.29, 0.717) is 5.65 Å². The summed E-state index contributed by atoms with van der Waals surface area (Å²) in [5.74, 6) is -1.76. The molecular weight excluding hydrogens is 300 g/mol. The second-order valence-corrected chi connectivity index (χ2v) is 5.17. The van der Waals surface area contributed by atoms with Gasteiger partial charge in [0.1, 0.15) is 5.65 Å². The average Bonchev–Trinajstić information content (AvgIpc) is 2.70. The Kier molecular flexibility index (Phi) is 3.44. The number of urea groups is 1. The summed E-state index contributed by atoms with van der Waals surface area (Å²) in [5, 5.41) is 0. The van der Waals surface area contributed by atoms with Gasteiger partial charge in [-0.25, -0.2) is 14.7 Å². The van der Waals surface area contributed by atoms with Crippen LogP contribution in [-0.2, 0) is 16.1 Å². The maximum absolute atomic E-state index is 12.2. The number of amides is 4. The molecule has 1 aliphatic heterocycles. The van der Waals surface area contributed by atoms with E-state index >= 15 is 0 Å². The number of carbonyl (C=O) groups excluding carboxylic acids is 3. The Morgan fingerprint density at radius 2 is 1.74 bits per heavy atom. The van der Waals surface area contributed by atoms with Crippen LogP contribution < -0.4 is 5.56 Å². The summed E-state index contributed by atoms with van der Waals surface area (Å²) in [4.78, 5) is 53.8. The van der Waals surface area contributed by atoms with Crippen molar-refractivity contribution < 1.29 is 14.4 Å². The number of nitrogens with zero attached hydrogens (tertiary/aromatic N) is 4. The third kappa shape index (κ3) is 2.28. The van der Waals surface area contributed by atoms with Gasteiger partial charge in [-0.1, -0.05) is 6.07 Å². The van der Waals surface area contributed by atoms with Crippen molar-refractivity contribution in [1.29, 1.82) is 0 Å². The molecule has 0 bridgehead atoms. The molecule has 0 unspecified atom stereocenters. The number of pyridine rings is 1. The Balaban J connectivity index is 2.00. The van der Waals surface area contributed by atoms with E-state index in [2.05, 4.69) is 4.98 Å². The van der Waals surface area contributed by atoms with Crippen LogP contribution in [0, 0.1) is 6.92 Å². The summed E-state index contributed by atoms with van der Waals surface area (Å²) >= 11 is 0. The average molecular weight is 314 g/mol. The first-order valence-corrected chi connectivity index (χ1v) is 7.09. The molecule has 0 atom stereocenters. The fourth-order valence-electron chi connectivity index (χ4n) is 2.58. The number of aromatic nitrogens is 2. The van der Waals surface area contributed by atoms with Crippen LogP contribution in [0.25, 0.3) is 5.65 Å². The van der Waals surface area contributed by atoms with Gasteiger partial charge in [0.05, 0.1) is 12.2 Å². The molecule has 0 aliphatic carbocycles. The molecule has 3 rings (SSSR count). The minimum atomic E-state index is -0.900. The van der Waals surface area contributed by atoms with Gasteiger partial charge >= 0.3 is 17.8 Å². The lowest BCUT2D eigenvalue weighted by molar-refractivity contribution is -0.143. The maximum atomic E-state index is 12.2. The van der Waals surface area contributed by atoms with Gasteiger partial charge in [0.15, 0.2) is 0 Å². The molecule has 8 heteroatoms. The van der Waals surface area contributed by atoms with E-state index in [1.165, 1.54) is 10.5 Å². The highest BCUT2D eigenvalue weighted by molar-refractivity contribution is 6.44. The van der Waals surface area contributed by atoms with Crippen LogP contribution in [0.1, 0.15) is 18.3 Å². The third-order valence-electron chi connectivity index (χ3n) is 3.70. The van der Waals surface area contributed by atoms with Crippen LogP contribution in [-0.4, -0.2) is 43.6 Å². The third-order valence-corrected chi connectivity index (χ3v) is 3.70. The largest absolute Gasteiger partial charge is 0.334 e. The van der Waals surface area contributed by atoms with Crippen molar-refractivity contribution >= 4 is 23.5 Å². The molecule has 1 saturated heterocycles. The molecule has 2 aromatic heterocycles. The highest BCUT2D eigenvalue weighted by atomic mass is 16.2. The van der Waals surface area contributed by atoms with E-state index in [0.717, 1.165) is 15.5 Å². The normalized spacial score (nSPS) is 15.1. The van der Waals surface area contributed by atoms with Gasteiger partial charge in [-0.15, -0.1) is 0 Å². The van der Waals surface area contributed by atoms with E-state index in [1.807, 2.05) is 0 Å². The monoisotopic (exact) mass is 314 g/mol. The molecule has 118 valence electrons. The lowest BCUT2D eigenvalue weighted by atomic mass is 10.3. The number of hydrogen-bond acceptors (Lipinski definition) is 5. The molecule has 8 nitrogen and oxygen atoms in total. The first kappa shape index (κ1) is 14.9. The molecule has 3 heterocycles. The van der Waals surface area contributed by atoms with Crippen molar-refractivity contribution in [2.45, 2.75) is 20.4 Å². The van der Waals surface area contributed by atoms with E-state index in [-0.39, 0.29) is 24.3 Å². The second kappa shape index (κ2) is 5.31. The van der Waals surface area contributed by atoms with Gasteiger partial charge in [0.25, 0.3) is 5.56 Å². The molecular formula is C15H14N4O4. The Labute approximate surface area is 130 Å². The summed E-state index contributed by atoms with van der Waals surface area (Å²) in [6, 6.07) is 5.78. The molecule has 0 N–H and O–H groups in total. The van der Waals surface area contributed by atoms with Crippen LogP contribution in [0.2, 0.25) is 0 Å². The number of hydrogen-bond donors (Lipinski definition) is 0. The molecule has 1 aliphatic rings. The smallest absolute Gasteiger partial charge is 0.269 e. The van der Waals surface area contributed by atoms with Crippen molar-refractivity contribution in [2.75, 3.05) is 6.54 Å². The van der Waals surface area contributed by atoms with Crippen molar-refractivity contribution in [3.05, 3.63) is 46.0 Å². The lowest BCUT2D eigenvalue weighted by Crippen LogP contribution is -2.33. The maximum Gasteiger partial charge on any atom is 0.334 e. The van der Waals surface area contributed by atoms with Crippen LogP contribution >= 0.6 is 0 Å². The van der Waals surface area contributed by atoms with Gasteiger partial charge < -0.3 is 0 Å². The molecule has 4 amide bonds. The van der Waals surface area contributed by atoms with Crippen molar-refractivity contribution in [3.8, 4) is 0 Å². The SMILES string of the molecule is CCN1C(=O)C(=O)N(Cc2cc(=O)n3c(C)cccc3n2)C1=O. The Bertz CT molecular complexity index is 902. The van der Waals surface area contributed by atoms with Gasteiger partial charge in [0.2, 0.25) is 0 Å². The van der Waals surface area contributed by atoms with Gasteiger partial charge in [-0.3, -0.25) is 23.7 Å². The minimum absolute atomic E-state index is 0.118. The zero-order valence-electron chi connectivity index (χ0n) is 12.6. The van der Waals surface area contributed by atoms with Gasteiger partial charge in [0, 0.05) is 18.3 Å². The Morgan fingerprint density at radius 1 is 1.04 bits per heavy atom. The van der Waals surface area contributed by atoms with E-state index in [9.17, 15) is 19.2 Å². The first-order valence-electron chi connectivity index (χ1n) is 7.09. The summed E-state index contributed by atoms with van der Waals surface area (Å²) in [6.45, 7) is 3.30. The number of rotatable bonds is 3. The minimum Gasteiger partial charge on any atom is -0.269 e. The van der Waals surface area contributed by atoms with Crippen molar-refractivity contribution in [3.63, 3.8) is 0 Å². The molecule has 0 radical (unpaired) electrons. The molecule has 0 aromatic carbocycles. The van der Waals surface area contributed by atoms with E-state index < -0.39 is 17.8 Å². The molecule has 0 spiro atoms. The summed E-state index contributed by atoms with van der Waals surface area (Å²) in [7, 11) is 0. The Morgan fingerprint density at radius 3 is 2.39 bits per heavy atom. The lowest BCUT2D eigenvalue weighted by Gasteiger charge is -2.14. The zero-order valence-corrected chi connectivity index (χ0v) is 12.6. The highest BCUT2D eigenvalue weighted by Crippen LogP contribution is 2.14. The van der Waals surface area contributed by atoms with Gasteiger partial charge in [-0.2, -0.15) is 0 Å². The van der Waals surface area contributed by atoms with Crippen LogP contribution in [0.5, 0.6) is 0 Å². The van der Waals surface area contributed by atoms with Crippen LogP contribution in [0.15, 0.2) is 29.1 Å². The fraction of sp³-hybridized carbons (Fsp3) is 0.267. The number of fused-ring (bicyclic) bond motifs is 1. The number of likely N-dealkylation sites (N-methyl/N-ethyl adjacent to an activating group) is 1. The second-order valence-electron chi connectivity index (χ2n) is 5.17. The van der Waals surface area contributed by atoms with Crippen molar-refractivity contribution in [2.24, 2.45) is 0 Å². The molecule has 1 fully saturated rings. The zero-order chi connectivity index (χ0) is 16.7. The predicted octanol–water partition coefficient (Wildman–Crippen LogP) is 0.314. The van der Waals surface area contributed by atoms with E-state index in [1.54, 1.807) is 32.0 Å². The quantitative estimate of drug-likeness (QED) is 0.601. The van der Waals surface area contributed by atoms with E-state index in [4.69, 9.17) is 0 Å². The van der Waals surface area contributed by atoms with Crippen LogP contribution in [0.4, 0.5) is 4.79 Å². The van der Waals surface area contributed by atoms with Crippen LogP contribution in [0.3, 0.4) is 0 Å². The number of imide groups is 2. The standard InChI is InChI=1S/C15H14N4O4/c1-3-17-13(21)14(22)18(15(17)23)8-10-7-12(20)19-9(2)5-4-6-11(19)16-10/h4-7H,3,8H2,1-2H3. The number of carbonyl (C=O) groups is 3. The molecule has 23 heavy (non-hydrogen) atoms. The van der Waals surface area contributed by atoms with Crippen molar-refractivity contribution in [1.82, 2.24) is 19.2 Å². The Hall–Kier alpha value is -3.03.